The van der Waals surface area contributed by atoms with Gasteiger partial charge in [0, 0.05) is 38.3 Å². The second-order valence-corrected chi connectivity index (χ2v) is 7.13. The third-order valence-corrected chi connectivity index (χ3v) is 5.06. The SMILES string of the molecule is CCN(CC)C(CNC(=O)c1ccc(N(C)C)c([N+](=O)[O-])c1)Cc1ccccc1. The first-order valence-corrected chi connectivity index (χ1v) is 9.89. The van der Waals surface area contributed by atoms with E-state index in [0.29, 0.717) is 17.8 Å². The Kier molecular flexibility index (Phi) is 8.15. The fourth-order valence-corrected chi connectivity index (χ4v) is 3.46. The summed E-state index contributed by atoms with van der Waals surface area (Å²) in [6, 6.07) is 14.9. The smallest absolute Gasteiger partial charge is 0.293 e. The summed E-state index contributed by atoms with van der Waals surface area (Å²) in [7, 11) is 3.47. The Morgan fingerprint density at radius 3 is 2.31 bits per heavy atom. The molecule has 7 nitrogen and oxygen atoms in total. The van der Waals surface area contributed by atoms with Crippen LogP contribution < -0.4 is 10.2 Å². The Balaban J connectivity index is 2.15. The van der Waals surface area contributed by atoms with Gasteiger partial charge in [-0.25, -0.2) is 0 Å². The van der Waals surface area contributed by atoms with E-state index in [1.807, 2.05) is 18.2 Å². The van der Waals surface area contributed by atoms with E-state index in [0.717, 1.165) is 19.5 Å². The van der Waals surface area contributed by atoms with Crippen LogP contribution in [0.25, 0.3) is 0 Å². The number of nitro groups is 1. The van der Waals surface area contributed by atoms with E-state index in [1.54, 1.807) is 31.1 Å². The maximum absolute atomic E-state index is 12.7. The molecule has 0 heterocycles. The van der Waals surface area contributed by atoms with Crippen LogP contribution in [0.5, 0.6) is 0 Å². The Morgan fingerprint density at radius 1 is 1.10 bits per heavy atom. The van der Waals surface area contributed by atoms with Crippen LogP contribution in [0, 0.1) is 10.1 Å². The number of amides is 1. The number of carbonyl (C=O) groups is 1. The molecule has 0 bridgehead atoms. The molecule has 1 atom stereocenters. The van der Waals surface area contributed by atoms with Crippen LogP contribution in [0.4, 0.5) is 11.4 Å². The molecule has 2 aromatic rings. The minimum absolute atomic E-state index is 0.0766. The lowest BCUT2D eigenvalue weighted by atomic mass is 10.0. The summed E-state index contributed by atoms with van der Waals surface area (Å²) in [6.45, 7) is 6.44. The van der Waals surface area contributed by atoms with Gasteiger partial charge in [-0.05, 0) is 37.2 Å². The zero-order valence-corrected chi connectivity index (χ0v) is 17.6. The largest absolute Gasteiger partial charge is 0.372 e. The van der Waals surface area contributed by atoms with Crippen molar-refractivity contribution in [2.75, 3.05) is 38.6 Å². The van der Waals surface area contributed by atoms with Crippen molar-refractivity contribution in [1.82, 2.24) is 10.2 Å². The van der Waals surface area contributed by atoms with E-state index in [-0.39, 0.29) is 17.6 Å². The molecule has 1 amide bonds. The Hall–Kier alpha value is -2.93. The molecule has 0 aromatic heterocycles. The zero-order valence-electron chi connectivity index (χ0n) is 17.6. The molecule has 0 aliphatic heterocycles. The van der Waals surface area contributed by atoms with Gasteiger partial charge in [0.2, 0.25) is 0 Å². The van der Waals surface area contributed by atoms with Gasteiger partial charge < -0.3 is 10.2 Å². The molecule has 0 saturated heterocycles. The van der Waals surface area contributed by atoms with E-state index < -0.39 is 4.92 Å². The van der Waals surface area contributed by atoms with Gasteiger partial charge in [0.1, 0.15) is 5.69 Å². The molecule has 1 unspecified atom stereocenters. The molecule has 1 N–H and O–H groups in total. The Bertz CT molecular complexity index is 820. The summed E-state index contributed by atoms with van der Waals surface area (Å²) in [6.07, 6.45) is 0.822. The minimum Gasteiger partial charge on any atom is -0.372 e. The number of carbonyl (C=O) groups excluding carboxylic acids is 1. The predicted molar refractivity (Wildman–Crippen MR) is 117 cm³/mol. The average molecular weight is 399 g/mol. The molecule has 2 aromatic carbocycles. The summed E-state index contributed by atoms with van der Waals surface area (Å²) < 4.78 is 0. The first kappa shape index (κ1) is 22.4. The molecular weight excluding hydrogens is 368 g/mol. The van der Waals surface area contributed by atoms with Gasteiger partial charge in [-0.1, -0.05) is 44.2 Å². The van der Waals surface area contributed by atoms with Gasteiger partial charge in [0.15, 0.2) is 0 Å². The second kappa shape index (κ2) is 10.6. The van der Waals surface area contributed by atoms with Gasteiger partial charge in [0.05, 0.1) is 4.92 Å². The van der Waals surface area contributed by atoms with Crippen molar-refractivity contribution in [2.45, 2.75) is 26.3 Å². The third-order valence-electron chi connectivity index (χ3n) is 5.06. The topological polar surface area (TPSA) is 78.7 Å². The van der Waals surface area contributed by atoms with Gasteiger partial charge >= 0.3 is 0 Å². The number of anilines is 1. The molecule has 0 saturated carbocycles. The van der Waals surface area contributed by atoms with Crippen molar-refractivity contribution in [3.05, 3.63) is 69.8 Å². The number of nitro benzene ring substituents is 1. The maximum atomic E-state index is 12.7. The Morgan fingerprint density at radius 2 is 1.76 bits per heavy atom. The second-order valence-electron chi connectivity index (χ2n) is 7.13. The standard InChI is InChI=1S/C22H30N4O3/c1-5-25(6-2)19(14-17-10-8-7-9-11-17)16-23-22(27)18-12-13-20(24(3)4)21(15-18)26(28)29/h7-13,15,19H,5-6,14,16H2,1-4H3,(H,23,27). The van der Waals surface area contributed by atoms with Crippen LogP contribution in [0.2, 0.25) is 0 Å². The van der Waals surface area contributed by atoms with Crippen LogP contribution in [-0.4, -0.2) is 55.5 Å². The molecule has 0 spiro atoms. The maximum Gasteiger partial charge on any atom is 0.293 e. The van der Waals surface area contributed by atoms with Crippen molar-refractivity contribution < 1.29 is 9.72 Å². The fourth-order valence-electron chi connectivity index (χ4n) is 3.46. The van der Waals surface area contributed by atoms with E-state index >= 15 is 0 Å². The molecule has 29 heavy (non-hydrogen) atoms. The number of nitrogens with one attached hydrogen (secondary N) is 1. The normalized spacial score (nSPS) is 11.9. The summed E-state index contributed by atoms with van der Waals surface area (Å²) in [4.78, 5) is 27.6. The zero-order chi connectivity index (χ0) is 21.4. The molecule has 156 valence electrons. The first-order chi connectivity index (χ1) is 13.9. The summed E-state index contributed by atoms with van der Waals surface area (Å²) in [5.41, 5.74) is 1.90. The lowest BCUT2D eigenvalue weighted by Crippen LogP contribution is -2.45. The predicted octanol–water partition coefficient (Wildman–Crippen LogP) is 3.34. The molecule has 7 heteroatoms. The molecule has 0 aliphatic rings. The van der Waals surface area contributed by atoms with Gasteiger partial charge in [0.25, 0.3) is 11.6 Å². The van der Waals surface area contributed by atoms with Gasteiger partial charge in [-0.3, -0.25) is 19.8 Å². The molecular formula is C22H30N4O3. The molecule has 0 fully saturated rings. The van der Waals surface area contributed by atoms with Crippen molar-refractivity contribution in [3.63, 3.8) is 0 Å². The number of hydrogen-bond donors (Lipinski definition) is 1. The number of hydrogen-bond acceptors (Lipinski definition) is 5. The highest BCUT2D eigenvalue weighted by molar-refractivity contribution is 5.95. The summed E-state index contributed by atoms with van der Waals surface area (Å²) in [5, 5.41) is 14.3. The number of likely N-dealkylation sites (N-methyl/N-ethyl adjacent to an activating group) is 1. The number of nitrogens with zero attached hydrogens (tertiary/aromatic N) is 3. The van der Waals surface area contributed by atoms with Crippen molar-refractivity contribution in [2.24, 2.45) is 0 Å². The fraction of sp³-hybridized carbons (Fsp3) is 0.409. The lowest BCUT2D eigenvalue weighted by Gasteiger charge is -2.30. The lowest BCUT2D eigenvalue weighted by molar-refractivity contribution is -0.384. The number of rotatable bonds is 10. The summed E-state index contributed by atoms with van der Waals surface area (Å²) in [5.74, 6) is -0.302. The number of benzene rings is 2. The molecule has 0 radical (unpaired) electrons. The van der Waals surface area contributed by atoms with Crippen LogP contribution in [-0.2, 0) is 6.42 Å². The quantitative estimate of drug-likeness (QED) is 0.490. The van der Waals surface area contributed by atoms with E-state index in [9.17, 15) is 14.9 Å². The highest BCUT2D eigenvalue weighted by Crippen LogP contribution is 2.27. The van der Waals surface area contributed by atoms with Gasteiger partial charge in [-0.2, -0.15) is 0 Å². The van der Waals surface area contributed by atoms with Crippen LogP contribution >= 0.6 is 0 Å². The monoisotopic (exact) mass is 398 g/mol. The summed E-state index contributed by atoms with van der Waals surface area (Å²) >= 11 is 0. The minimum atomic E-state index is -0.458. The van der Waals surface area contributed by atoms with Crippen LogP contribution in [0.3, 0.4) is 0 Å². The average Bonchev–Trinajstić information content (AvgIpc) is 2.72. The van der Waals surface area contributed by atoms with Crippen molar-refractivity contribution in [1.29, 1.82) is 0 Å². The highest BCUT2D eigenvalue weighted by atomic mass is 16.6. The molecule has 2 rings (SSSR count). The van der Waals surface area contributed by atoms with E-state index in [4.69, 9.17) is 0 Å². The van der Waals surface area contributed by atoms with Crippen LogP contribution in [0.15, 0.2) is 48.5 Å². The Labute approximate surface area is 172 Å². The highest BCUT2D eigenvalue weighted by Gasteiger charge is 2.21. The molecule has 0 aliphatic carbocycles. The third kappa shape index (κ3) is 6.02. The van der Waals surface area contributed by atoms with Crippen molar-refractivity contribution in [3.8, 4) is 0 Å². The van der Waals surface area contributed by atoms with Crippen LogP contribution in [0.1, 0.15) is 29.8 Å². The van der Waals surface area contributed by atoms with Crippen molar-refractivity contribution >= 4 is 17.3 Å². The van der Waals surface area contributed by atoms with E-state index in [1.165, 1.54) is 11.6 Å². The van der Waals surface area contributed by atoms with E-state index in [2.05, 4.69) is 36.2 Å². The first-order valence-electron chi connectivity index (χ1n) is 9.89. The van der Waals surface area contributed by atoms with Gasteiger partial charge in [-0.15, -0.1) is 0 Å².